The van der Waals surface area contributed by atoms with E-state index >= 15 is 0 Å². The first-order valence-electron chi connectivity index (χ1n) is 17.5. The average Bonchev–Trinajstić information content (AvgIpc) is 3.21. The molecule has 52 heavy (non-hydrogen) atoms. The molecule has 0 radical (unpaired) electrons. The van der Waals surface area contributed by atoms with Crippen LogP contribution in [0, 0.1) is 13.8 Å². The molecule has 0 saturated heterocycles. The summed E-state index contributed by atoms with van der Waals surface area (Å²) in [6.45, 7) is 4.05. The largest absolute Gasteiger partial charge is 0.261 e. The van der Waals surface area contributed by atoms with Crippen LogP contribution in [0.15, 0.2) is 170 Å². The van der Waals surface area contributed by atoms with Crippen LogP contribution in [0.4, 0.5) is 0 Å². The van der Waals surface area contributed by atoms with Crippen molar-refractivity contribution in [1.82, 2.24) is 19.9 Å². The van der Waals surface area contributed by atoms with Crippen LogP contribution in [-0.4, -0.2) is 19.9 Å². The van der Waals surface area contributed by atoms with Crippen molar-refractivity contribution in [2.24, 2.45) is 0 Å². The second kappa shape index (κ2) is 13.2. The van der Waals surface area contributed by atoms with Gasteiger partial charge in [0.25, 0.3) is 0 Å². The van der Waals surface area contributed by atoms with E-state index < -0.39 is 0 Å². The van der Waals surface area contributed by atoms with Crippen LogP contribution in [-0.2, 0) is 0 Å². The molecule has 4 aromatic heterocycles. The van der Waals surface area contributed by atoms with Gasteiger partial charge in [-0.05, 0) is 111 Å². The molecular formula is C48H34N4. The second-order valence-electron chi connectivity index (χ2n) is 13.1. The molecule has 246 valence electrons. The lowest BCUT2D eigenvalue weighted by Crippen LogP contribution is -1.95. The highest BCUT2D eigenvalue weighted by Crippen LogP contribution is 2.45. The maximum absolute atomic E-state index is 5.01. The number of hydrogen-bond acceptors (Lipinski definition) is 4. The van der Waals surface area contributed by atoms with Gasteiger partial charge in [-0.2, -0.15) is 0 Å². The summed E-state index contributed by atoms with van der Waals surface area (Å²) >= 11 is 0. The summed E-state index contributed by atoms with van der Waals surface area (Å²) in [4.78, 5) is 19.0. The number of aromatic nitrogens is 4. The summed E-state index contributed by atoms with van der Waals surface area (Å²) in [5, 5.41) is 4.65. The molecule has 4 heterocycles. The molecule has 0 atom stereocenters. The third kappa shape index (κ3) is 5.51. The summed E-state index contributed by atoms with van der Waals surface area (Å²) < 4.78 is 0. The predicted molar refractivity (Wildman–Crippen MR) is 215 cm³/mol. The number of hydrogen-bond donors (Lipinski definition) is 0. The fraction of sp³-hybridized carbons (Fsp3) is 0.0417. The van der Waals surface area contributed by atoms with E-state index in [1.807, 2.05) is 50.8 Å². The van der Waals surface area contributed by atoms with Gasteiger partial charge in [0, 0.05) is 58.4 Å². The number of nitrogens with zero attached hydrogens (tertiary/aromatic N) is 4. The van der Waals surface area contributed by atoms with Crippen molar-refractivity contribution >= 4 is 21.5 Å². The normalized spacial score (nSPS) is 11.3. The van der Waals surface area contributed by atoms with Crippen molar-refractivity contribution in [3.05, 3.63) is 182 Å². The Bertz CT molecular complexity index is 2730. The molecule has 0 aliphatic carbocycles. The summed E-state index contributed by atoms with van der Waals surface area (Å²) in [5.74, 6) is 0. The van der Waals surface area contributed by atoms with E-state index in [2.05, 4.69) is 143 Å². The van der Waals surface area contributed by atoms with Gasteiger partial charge in [0.1, 0.15) is 0 Å². The van der Waals surface area contributed by atoms with E-state index in [4.69, 9.17) is 9.97 Å². The Morgan fingerprint density at radius 2 is 0.788 bits per heavy atom. The van der Waals surface area contributed by atoms with Crippen LogP contribution in [0.3, 0.4) is 0 Å². The third-order valence-electron chi connectivity index (χ3n) is 10.0. The fourth-order valence-corrected chi connectivity index (χ4v) is 7.48. The minimum atomic E-state index is 0.909. The topological polar surface area (TPSA) is 51.6 Å². The van der Waals surface area contributed by atoms with Gasteiger partial charge >= 0.3 is 0 Å². The average molecular weight is 667 g/mol. The lowest BCUT2D eigenvalue weighted by molar-refractivity contribution is 1.19. The zero-order valence-electron chi connectivity index (χ0n) is 29.0. The van der Waals surface area contributed by atoms with E-state index in [-0.39, 0.29) is 0 Å². The Hall–Kier alpha value is -6.78. The highest BCUT2D eigenvalue weighted by molar-refractivity contribution is 6.22. The van der Waals surface area contributed by atoms with Gasteiger partial charge < -0.3 is 0 Å². The maximum atomic E-state index is 5.01. The summed E-state index contributed by atoms with van der Waals surface area (Å²) in [7, 11) is 0. The molecular weight excluding hydrogens is 633 g/mol. The zero-order chi connectivity index (χ0) is 35.0. The van der Waals surface area contributed by atoms with Crippen LogP contribution in [0.5, 0.6) is 0 Å². The molecule has 4 heteroatoms. The molecule has 4 nitrogen and oxygen atoms in total. The Morgan fingerprint density at radius 1 is 0.327 bits per heavy atom. The minimum absolute atomic E-state index is 0.909. The zero-order valence-corrected chi connectivity index (χ0v) is 29.0. The van der Waals surface area contributed by atoms with E-state index in [1.165, 1.54) is 22.1 Å². The molecule has 5 aromatic carbocycles. The van der Waals surface area contributed by atoms with Gasteiger partial charge in [-0.3, -0.25) is 19.9 Å². The van der Waals surface area contributed by atoms with E-state index in [9.17, 15) is 0 Å². The minimum Gasteiger partial charge on any atom is -0.261 e. The van der Waals surface area contributed by atoms with Crippen molar-refractivity contribution in [3.8, 4) is 67.0 Å². The van der Waals surface area contributed by atoms with Crippen LogP contribution >= 0.6 is 0 Å². The summed E-state index contributed by atoms with van der Waals surface area (Å²) in [6.07, 6.45) is 7.67. The molecule has 0 fully saturated rings. The molecule has 0 saturated carbocycles. The summed E-state index contributed by atoms with van der Waals surface area (Å²) in [5.41, 5.74) is 15.0. The van der Waals surface area contributed by atoms with E-state index in [1.54, 1.807) is 0 Å². The van der Waals surface area contributed by atoms with Gasteiger partial charge in [-0.25, -0.2) is 0 Å². The second-order valence-corrected chi connectivity index (χ2v) is 13.1. The van der Waals surface area contributed by atoms with Gasteiger partial charge in [-0.15, -0.1) is 0 Å². The van der Waals surface area contributed by atoms with Crippen molar-refractivity contribution in [1.29, 1.82) is 0 Å². The molecule has 9 rings (SSSR count). The summed E-state index contributed by atoms with van der Waals surface area (Å²) in [6, 6.07) is 51.6. The first-order valence-corrected chi connectivity index (χ1v) is 17.5. The third-order valence-corrected chi connectivity index (χ3v) is 10.0. The number of pyridine rings is 4. The lowest BCUT2D eigenvalue weighted by atomic mass is 9.84. The smallest absolute Gasteiger partial charge is 0.0720 e. The van der Waals surface area contributed by atoms with Gasteiger partial charge in [0.15, 0.2) is 0 Å². The van der Waals surface area contributed by atoms with Crippen molar-refractivity contribution in [2.45, 2.75) is 13.8 Å². The highest BCUT2D eigenvalue weighted by Gasteiger charge is 2.19. The SMILES string of the molecule is Cc1ncccc1-c1ccc(-c2c3ccccc3c(-c3ccc(-c4cccnc4C)nc3)c3cc(-c4ccccc4-c4ccccc4)ccc23)cn1. The van der Waals surface area contributed by atoms with Gasteiger partial charge in [0.2, 0.25) is 0 Å². The van der Waals surface area contributed by atoms with Crippen molar-refractivity contribution in [3.63, 3.8) is 0 Å². The molecule has 0 aliphatic heterocycles. The highest BCUT2D eigenvalue weighted by atomic mass is 14.7. The molecule has 0 amide bonds. The molecule has 0 bridgehead atoms. The maximum Gasteiger partial charge on any atom is 0.0720 e. The van der Waals surface area contributed by atoms with Gasteiger partial charge in [-0.1, -0.05) is 103 Å². The molecule has 0 N–H and O–H groups in total. The van der Waals surface area contributed by atoms with E-state index in [0.717, 1.165) is 77.9 Å². The van der Waals surface area contributed by atoms with Crippen LogP contribution in [0.25, 0.3) is 88.6 Å². The monoisotopic (exact) mass is 666 g/mol. The van der Waals surface area contributed by atoms with Gasteiger partial charge in [0.05, 0.1) is 11.4 Å². The lowest BCUT2D eigenvalue weighted by Gasteiger charge is -2.19. The molecule has 9 aromatic rings. The Labute approximate surface area is 303 Å². The first-order chi connectivity index (χ1) is 25.6. The number of rotatable bonds is 6. The fourth-order valence-electron chi connectivity index (χ4n) is 7.48. The predicted octanol–water partition coefficient (Wildman–Crippen LogP) is 12.2. The molecule has 0 aliphatic rings. The first kappa shape index (κ1) is 31.2. The standard InChI is InChI=1S/C48H34N4/c1-31-37(18-10-26-49-31)45-24-21-35(29-51-45)47-41-16-8-9-17-42(41)48(36-22-25-46(52-30-36)38-19-11-27-50-32(38)2)44-28-34(20-23-43(44)47)40-15-7-6-14-39(40)33-12-4-3-5-13-33/h3-30H,1-2H3. The van der Waals surface area contributed by atoms with Crippen molar-refractivity contribution in [2.75, 3.05) is 0 Å². The quantitative estimate of drug-likeness (QED) is 0.166. The molecule has 0 unspecified atom stereocenters. The molecule has 0 spiro atoms. The van der Waals surface area contributed by atoms with Crippen LogP contribution < -0.4 is 0 Å². The Morgan fingerprint density at radius 3 is 1.33 bits per heavy atom. The Kier molecular flexibility index (Phi) is 7.90. The van der Waals surface area contributed by atoms with Crippen LogP contribution in [0.2, 0.25) is 0 Å². The Balaban J connectivity index is 1.30. The van der Waals surface area contributed by atoms with Crippen molar-refractivity contribution < 1.29 is 0 Å². The van der Waals surface area contributed by atoms with Crippen LogP contribution in [0.1, 0.15) is 11.4 Å². The number of benzene rings is 5. The number of fused-ring (bicyclic) bond motifs is 2. The number of aryl methyl sites for hydroxylation is 2. The van der Waals surface area contributed by atoms with E-state index in [0.29, 0.717) is 0 Å².